The number of carbonyl (C=O) groups is 1. The van der Waals surface area contributed by atoms with E-state index >= 15 is 0 Å². The fourth-order valence-corrected chi connectivity index (χ4v) is 1.88. The monoisotopic (exact) mass is 285 g/mol. The number of ether oxygens (including phenoxy) is 1. The van der Waals surface area contributed by atoms with Crippen LogP contribution in [0.1, 0.15) is 16.8 Å². The van der Waals surface area contributed by atoms with Crippen molar-refractivity contribution < 1.29 is 9.53 Å². The first-order valence-corrected chi connectivity index (χ1v) is 6.76. The molecule has 0 aliphatic carbocycles. The number of amides is 1. The molecular weight excluding hydrogens is 266 g/mol. The van der Waals surface area contributed by atoms with E-state index in [-0.39, 0.29) is 6.61 Å². The Morgan fingerprint density at radius 2 is 2.14 bits per heavy atom. The number of alkyl carbamates (subject to hydrolysis) is 1. The van der Waals surface area contributed by atoms with Crippen molar-refractivity contribution in [2.24, 2.45) is 7.05 Å². The predicted octanol–water partition coefficient (Wildman–Crippen LogP) is 2.67. The summed E-state index contributed by atoms with van der Waals surface area (Å²) in [6.07, 6.45) is 5.30. The average Bonchev–Trinajstić information content (AvgIpc) is 2.80. The highest BCUT2D eigenvalue weighted by molar-refractivity contribution is 5.67. The molecule has 1 aromatic heterocycles. The van der Waals surface area contributed by atoms with E-state index in [1.807, 2.05) is 62.7 Å². The van der Waals surface area contributed by atoms with Crippen LogP contribution in [0.25, 0.3) is 6.08 Å². The first-order valence-electron chi connectivity index (χ1n) is 6.76. The van der Waals surface area contributed by atoms with Crippen molar-refractivity contribution >= 4 is 12.2 Å². The molecule has 0 bridgehead atoms. The first-order chi connectivity index (χ1) is 10.1. The van der Waals surface area contributed by atoms with Gasteiger partial charge in [-0.1, -0.05) is 42.5 Å². The maximum atomic E-state index is 11.5. The number of carbonyl (C=O) groups excluding carboxylic acids is 1. The lowest BCUT2D eigenvalue weighted by Crippen LogP contribution is -2.24. The van der Waals surface area contributed by atoms with Gasteiger partial charge in [-0.3, -0.25) is 4.68 Å². The van der Waals surface area contributed by atoms with Crippen LogP contribution in [0.2, 0.25) is 0 Å². The molecule has 0 aliphatic heterocycles. The molecule has 0 aliphatic rings. The minimum atomic E-state index is -0.425. The lowest BCUT2D eigenvalue weighted by molar-refractivity contribution is 0.141. The standard InChI is InChI=1S/C16H19N3O2/c1-13-15(11-19(2)18-13)9-6-10-17-16(20)21-12-14-7-4-3-5-8-14/h3-9,11H,10,12H2,1-2H3,(H,17,20). The molecule has 0 spiro atoms. The average molecular weight is 285 g/mol. The van der Waals surface area contributed by atoms with Gasteiger partial charge in [-0.2, -0.15) is 5.10 Å². The molecule has 5 heteroatoms. The molecule has 2 aromatic rings. The fraction of sp³-hybridized carbons (Fsp3) is 0.250. The second-order valence-electron chi connectivity index (χ2n) is 4.69. The smallest absolute Gasteiger partial charge is 0.407 e. The third-order valence-electron chi connectivity index (χ3n) is 2.93. The van der Waals surface area contributed by atoms with Crippen LogP contribution in [0, 0.1) is 6.92 Å². The van der Waals surface area contributed by atoms with Crippen molar-refractivity contribution in [2.45, 2.75) is 13.5 Å². The Hall–Kier alpha value is -2.56. The van der Waals surface area contributed by atoms with E-state index in [1.54, 1.807) is 4.68 Å². The van der Waals surface area contributed by atoms with Crippen molar-refractivity contribution in [1.29, 1.82) is 0 Å². The molecule has 110 valence electrons. The molecule has 0 atom stereocenters. The third-order valence-corrected chi connectivity index (χ3v) is 2.93. The van der Waals surface area contributed by atoms with Gasteiger partial charge in [0.1, 0.15) is 6.61 Å². The molecule has 1 N–H and O–H groups in total. The van der Waals surface area contributed by atoms with E-state index in [1.165, 1.54) is 0 Å². The van der Waals surface area contributed by atoms with Crippen molar-refractivity contribution in [3.05, 3.63) is 59.4 Å². The van der Waals surface area contributed by atoms with Gasteiger partial charge in [0, 0.05) is 25.4 Å². The molecule has 0 radical (unpaired) electrons. The Morgan fingerprint density at radius 3 is 2.81 bits per heavy atom. The largest absolute Gasteiger partial charge is 0.445 e. The maximum Gasteiger partial charge on any atom is 0.407 e. The van der Waals surface area contributed by atoms with Gasteiger partial charge in [0.2, 0.25) is 0 Å². The lowest BCUT2D eigenvalue weighted by Gasteiger charge is -2.05. The van der Waals surface area contributed by atoms with Crippen LogP contribution in [-0.4, -0.2) is 22.4 Å². The van der Waals surface area contributed by atoms with Gasteiger partial charge in [0.25, 0.3) is 0 Å². The van der Waals surface area contributed by atoms with Crippen LogP contribution in [0.15, 0.2) is 42.6 Å². The normalized spacial score (nSPS) is 10.8. The molecule has 21 heavy (non-hydrogen) atoms. The zero-order chi connectivity index (χ0) is 15.1. The van der Waals surface area contributed by atoms with E-state index in [0.29, 0.717) is 6.54 Å². The van der Waals surface area contributed by atoms with E-state index < -0.39 is 6.09 Å². The molecule has 0 saturated heterocycles. The summed E-state index contributed by atoms with van der Waals surface area (Å²) in [6.45, 7) is 2.64. The lowest BCUT2D eigenvalue weighted by atomic mass is 10.2. The second-order valence-corrected chi connectivity index (χ2v) is 4.69. The first kappa shape index (κ1) is 14.8. The Morgan fingerprint density at radius 1 is 1.38 bits per heavy atom. The third kappa shape index (κ3) is 4.80. The highest BCUT2D eigenvalue weighted by Gasteiger charge is 2.01. The number of aryl methyl sites for hydroxylation is 2. The molecule has 0 unspecified atom stereocenters. The van der Waals surface area contributed by atoms with Gasteiger partial charge in [-0.15, -0.1) is 0 Å². The summed E-state index contributed by atoms with van der Waals surface area (Å²) >= 11 is 0. The number of benzene rings is 1. The SMILES string of the molecule is Cc1nn(C)cc1C=CCNC(=O)OCc1ccccc1. The van der Waals surface area contributed by atoms with Gasteiger partial charge < -0.3 is 10.1 Å². The Balaban J connectivity index is 1.71. The maximum absolute atomic E-state index is 11.5. The predicted molar refractivity (Wildman–Crippen MR) is 81.6 cm³/mol. The zero-order valence-electron chi connectivity index (χ0n) is 12.2. The molecular formula is C16H19N3O2. The summed E-state index contributed by atoms with van der Waals surface area (Å²) in [5.41, 5.74) is 2.96. The Bertz CT molecular complexity index is 618. The summed E-state index contributed by atoms with van der Waals surface area (Å²) in [4.78, 5) is 11.5. The van der Waals surface area contributed by atoms with E-state index in [4.69, 9.17) is 4.74 Å². The van der Waals surface area contributed by atoms with E-state index in [0.717, 1.165) is 16.8 Å². The second kappa shape index (κ2) is 7.28. The number of nitrogens with zero attached hydrogens (tertiary/aromatic N) is 2. The molecule has 0 saturated carbocycles. The fourth-order valence-electron chi connectivity index (χ4n) is 1.88. The quantitative estimate of drug-likeness (QED) is 0.919. The van der Waals surface area contributed by atoms with Crippen LogP contribution in [-0.2, 0) is 18.4 Å². The summed E-state index contributed by atoms with van der Waals surface area (Å²) in [7, 11) is 1.88. The van der Waals surface area contributed by atoms with Gasteiger partial charge in [0.05, 0.1) is 5.69 Å². The van der Waals surface area contributed by atoms with Crippen molar-refractivity contribution in [3.63, 3.8) is 0 Å². The van der Waals surface area contributed by atoms with E-state index in [9.17, 15) is 4.79 Å². The van der Waals surface area contributed by atoms with Crippen LogP contribution >= 0.6 is 0 Å². The highest BCUT2D eigenvalue weighted by atomic mass is 16.5. The number of rotatable bonds is 5. The number of hydrogen-bond acceptors (Lipinski definition) is 3. The molecule has 0 fully saturated rings. The molecule has 1 aromatic carbocycles. The van der Waals surface area contributed by atoms with Crippen molar-refractivity contribution in [3.8, 4) is 0 Å². The molecule has 5 nitrogen and oxygen atoms in total. The zero-order valence-corrected chi connectivity index (χ0v) is 12.2. The number of nitrogens with one attached hydrogen (secondary N) is 1. The van der Waals surface area contributed by atoms with Gasteiger partial charge >= 0.3 is 6.09 Å². The highest BCUT2D eigenvalue weighted by Crippen LogP contribution is 2.06. The molecule has 1 amide bonds. The van der Waals surface area contributed by atoms with Crippen LogP contribution < -0.4 is 5.32 Å². The number of aromatic nitrogens is 2. The Labute approximate surface area is 124 Å². The summed E-state index contributed by atoms with van der Waals surface area (Å²) < 4.78 is 6.87. The number of hydrogen-bond donors (Lipinski definition) is 1. The molecule has 1 heterocycles. The summed E-state index contributed by atoms with van der Waals surface area (Å²) in [5.74, 6) is 0. The summed E-state index contributed by atoms with van der Waals surface area (Å²) in [6, 6.07) is 9.58. The topological polar surface area (TPSA) is 56.2 Å². The Kier molecular flexibility index (Phi) is 5.15. The van der Waals surface area contributed by atoms with Gasteiger partial charge in [-0.05, 0) is 12.5 Å². The van der Waals surface area contributed by atoms with Crippen LogP contribution in [0.3, 0.4) is 0 Å². The van der Waals surface area contributed by atoms with E-state index in [2.05, 4.69) is 10.4 Å². The molecule has 2 rings (SSSR count). The van der Waals surface area contributed by atoms with Crippen LogP contribution in [0.4, 0.5) is 4.79 Å². The minimum absolute atomic E-state index is 0.276. The van der Waals surface area contributed by atoms with Gasteiger partial charge in [-0.25, -0.2) is 4.79 Å². The van der Waals surface area contributed by atoms with Crippen molar-refractivity contribution in [2.75, 3.05) is 6.54 Å². The summed E-state index contributed by atoms with van der Waals surface area (Å²) in [5, 5.41) is 6.92. The minimum Gasteiger partial charge on any atom is -0.445 e. The van der Waals surface area contributed by atoms with Crippen molar-refractivity contribution in [1.82, 2.24) is 15.1 Å². The van der Waals surface area contributed by atoms with Gasteiger partial charge in [0.15, 0.2) is 0 Å². The van der Waals surface area contributed by atoms with Crippen LogP contribution in [0.5, 0.6) is 0 Å².